The lowest BCUT2D eigenvalue weighted by atomic mass is 9.95. The second kappa shape index (κ2) is 6.75. The van der Waals surface area contributed by atoms with Crippen LogP contribution in [0.2, 0.25) is 0 Å². The van der Waals surface area contributed by atoms with Crippen molar-refractivity contribution in [2.75, 3.05) is 13.1 Å². The molecule has 0 bridgehead atoms. The summed E-state index contributed by atoms with van der Waals surface area (Å²) in [6, 6.07) is 9.22. The van der Waals surface area contributed by atoms with E-state index in [0.29, 0.717) is 18.8 Å². The van der Waals surface area contributed by atoms with Crippen LogP contribution in [0, 0.1) is 0 Å². The molecule has 0 aromatic heterocycles. The van der Waals surface area contributed by atoms with E-state index in [9.17, 15) is 4.79 Å². The zero-order chi connectivity index (χ0) is 14.4. The van der Waals surface area contributed by atoms with Gasteiger partial charge in [-0.1, -0.05) is 38.0 Å². The summed E-state index contributed by atoms with van der Waals surface area (Å²) >= 11 is 0. The third-order valence-corrected chi connectivity index (χ3v) is 4.10. The van der Waals surface area contributed by atoms with Crippen LogP contribution in [-0.2, 0) is 0 Å². The molecule has 1 aromatic rings. The summed E-state index contributed by atoms with van der Waals surface area (Å²) in [7, 11) is 0. The topological polar surface area (TPSA) is 55.6 Å². The van der Waals surface area contributed by atoms with Gasteiger partial charge in [-0.3, -0.25) is 0 Å². The van der Waals surface area contributed by atoms with Gasteiger partial charge in [0.2, 0.25) is 0 Å². The molecule has 0 heterocycles. The number of para-hydroxylation sites is 1. The fourth-order valence-corrected chi connectivity index (χ4v) is 3.01. The quantitative estimate of drug-likeness (QED) is 0.898. The van der Waals surface area contributed by atoms with E-state index in [1.54, 1.807) is 12.1 Å². The van der Waals surface area contributed by atoms with Crippen LogP contribution in [0.4, 0.5) is 4.79 Å². The monoisotopic (exact) mass is 276 g/mol. The summed E-state index contributed by atoms with van der Waals surface area (Å²) < 4.78 is 5.50. The molecule has 20 heavy (non-hydrogen) atoms. The zero-order valence-electron chi connectivity index (χ0n) is 12.2. The molecule has 4 nitrogen and oxygen atoms in total. The van der Waals surface area contributed by atoms with Crippen molar-refractivity contribution in [2.24, 2.45) is 5.73 Å². The second-order valence-electron chi connectivity index (χ2n) is 5.47. The standard InChI is InChI=1S/C16H24N2O2/c1-2-12-18(16(13-17)10-6-7-11-16)15(19)20-14-8-4-3-5-9-14/h3-5,8-9H,2,6-7,10-13,17H2,1H3. The molecule has 0 unspecified atom stereocenters. The third-order valence-electron chi connectivity index (χ3n) is 4.10. The van der Waals surface area contributed by atoms with Crippen molar-refractivity contribution in [2.45, 2.75) is 44.6 Å². The van der Waals surface area contributed by atoms with Crippen molar-refractivity contribution < 1.29 is 9.53 Å². The Balaban J connectivity index is 2.13. The first-order valence-electron chi connectivity index (χ1n) is 7.46. The van der Waals surface area contributed by atoms with Gasteiger partial charge in [0.05, 0.1) is 5.54 Å². The van der Waals surface area contributed by atoms with E-state index in [4.69, 9.17) is 10.5 Å². The molecule has 1 fully saturated rings. The van der Waals surface area contributed by atoms with Crippen LogP contribution in [0.3, 0.4) is 0 Å². The van der Waals surface area contributed by atoms with Crippen LogP contribution in [-0.4, -0.2) is 29.6 Å². The number of nitrogens with zero attached hydrogens (tertiary/aromatic N) is 1. The highest BCUT2D eigenvalue weighted by atomic mass is 16.6. The molecule has 1 saturated carbocycles. The van der Waals surface area contributed by atoms with E-state index < -0.39 is 0 Å². The molecule has 1 aromatic carbocycles. The highest BCUT2D eigenvalue weighted by molar-refractivity contribution is 5.71. The molecule has 0 atom stereocenters. The van der Waals surface area contributed by atoms with E-state index in [2.05, 4.69) is 6.92 Å². The van der Waals surface area contributed by atoms with Crippen molar-refractivity contribution in [1.29, 1.82) is 0 Å². The molecule has 0 spiro atoms. The number of benzene rings is 1. The smallest absolute Gasteiger partial charge is 0.410 e. The Morgan fingerprint density at radius 3 is 2.50 bits per heavy atom. The van der Waals surface area contributed by atoms with Gasteiger partial charge in [-0.05, 0) is 31.4 Å². The number of carbonyl (C=O) groups excluding carboxylic acids is 1. The Hall–Kier alpha value is -1.55. The molecule has 2 rings (SSSR count). The van der Waals surface area contributed by atoms with Gasteiger partial charge in [0.1, 0.15) is 5.75 Å². The van der Waals surface area contributed by atoms with E-state index in [-0.39, 0.29) is 11.6 Å². The molecule has 110 valence electrons. The minimum Gasteiger partial charge on any atom is -0.410 e. The highest BCUT2D eigenvalue weighted by Crippen LogP contribution is 2.35. The minimum atomic E-state index is -0.273. The van der Waals surface area contributed by atoms with Gasteiger partial charge >= 0.3 is 6.09 Å². The van der Waals surface area contributed by atoms with Crippen LogP contribution in [0.5, 0.6) is 5.75 Å². The molecule has 0 radical (unpaired) electrons. The van der Waals surface area contributed by atoms with Crippen molar-refractivity contribution in [3.63, 3.8) is 0 Å². The van der Waals surface area contributed by atoms with Crippen LogP contribution in [0.1, 0.15) is 39.0 Å². The van der Waals surface area contributed by atoms with Gasteiger partial charge in [0.15, 0.2) is 0 Å². The molecule has 4 heteroatoms. The summed E-state index contributed by atoms with van der Waals surface area (Å²) in [4.78, 5) is 14.4. The van der Waals surface area contributed by atoms with Gasteiger partial charge < -0.3 is 15.4 Å². The molecule has 0 aliphatic heterocycles. The molecular weight excluding hydrogens is 252 g/mol. The molecule has 0 saturated heterocycles. The lowest BCUT2D eigenvalue weighted by Crippen LogP contribution is -2.55. The Kier molecular flexibility index (Phi) is 5.01. The molecule has 2 N–H and O–H groups in total. The average Bonchev–Trinajstić information content (AvgIpc) is 2.95. The third kappa shape index (κ3) is 3.12. The van der Waals surface area contributed by atoms with Gasteiger partial charge in [-0.25, -0.2) is 4.79 Å². The number of rotatable bonds is 5. The second-order valence-corrected chi connectivity index (χ2v) is 5.47. The van der Waals surface area contributed by atoms with Crippen molar-refractivity contribution in [3.8, 4) is 5.75 Å². The van der Waals surface area contributed by atoms with E-state index >= 15 is 0 Å². The lowest BCUT2D eigenvalue weighted by molar-refractivity contribution is 0.0865. The first-order valence-corrected chi connectivity index (χ1v) is 7.46. The molecule has 1 aliphatic carbocycles. The van der Waals surface area contributed by atoms with Crippen LogP contribution >= 0.6 is 0 Å². The van der Waals surface area contributed by atoms with Gasteiger partial charge in [-0.15, -0.1) is 0 Å². The number of amides is 1. The Morgan fingerprint density at radius 2 is 1.95 bits per heavy atom. The molecule has 1 aliphatic rings. The van der Waals surface area contributed by atoms with E-state index in [1.165, 1.54) is 0 Å². The molecular formula is C16H24N2O2. The summed E-state index contributed by atoms with van der Waals surface area (Å²) in [5.41, 5.74) is 5.78. The zero-order valence-corrected chi connectivity index (χ0v) is 12.2. The van der Waals surface area contributed by atoms with Crippen molar-refractivity contribution in [3.05, 3.63) is 30.3 Å². The largest absolute Gasteiger partial charge is 0.415 e. The highest BCUT2D eigenvalue weighted by Gasteiger charge is 2.41. The number of nitrogens with two attached hydrogens (primary N) is 1. The number of ether oxygens (including phenoxy) is 1. The van der Waals surface area contributed by atoms with Crippen LogP contribution < -0.4 is 10.5 Å². The summed E-state index contributed by atoms with van der Waals surface area (Å²) in [6.45, 7) is 3.28. The lowest BCUT2D eigenvalue weighted by Gasteiger charge is -2.39. The first kappa shape index (κ1) is 14.9. The van der Waals surface area contributed by atoms with Gasteiger partial charge in [-0.2, -0.15) is 0 Å². The fourth-order valence-electron chi connectivity index (χ4n) is 3.01. The molecule has 1 amide bonds. The van der Waals surface area contributed by atoms with Crippen LogP contribution in [0.25, 0.3) is 0 Å². The minimum absolute atomic E-state index is 0.206. The van der Waals surface area contributed by atoms with Crippen LogP contribution in [0.15, 0.2) is 30.3 Å². The average molecular weight is 276 g/mol. The fraction of sp³-hybridized carbons (Fsp3) is 0.562. The number of carbonyl (C=O) groups is 1. The maximum Gasteiger partial charge on any atom is 0.415 e. The van der Waals surface area contributed by atoms with Gasteiger partial charge in [0.25, 0.3) is 0 Å². The van der Waals surface area contributed by atoms with E-state index in [1.807, 2.05) is 23.1 Å². The van der Waals surface area contributed by atoms with E-state index in [0.717, 1.165) is 32.1 Å². The van der Waals surface area contributed by atoms with Crippen molar-refractivity contribution >= 4 is 6.09 Å². The van der Waals surface area contributed by atoms with Crippen molar-refractivity contribution in [1.82, 2.24) is 4.90 Å². The Morgan fingerprint density at radius 1 is 1.30 bits per heavy atom. The maximum atomic E-state index is 12.5. The Bertz CT molecular complexity index is 427. The Labute approximate surface area is 120 Å². The van der Waals surface area contributed by atoms with Gasteiger partial charge in [0, 0.05) is 13.1 Å². The maximum absolute atomic E-state index is 12.5. The summed E-state index contributed by atoms with van der Waals surface area (Å²) in [6.07, 6.45) is 4.86. The number of hydrogen-bond donors (Lipinski definition) is 1. The number of hydrogen-bond acceptors (Lipinski definition) is 3. The summed E-state index contributed by atoms with van der Waals surface area (Å²) in [5, 5.41) is 0. The SMILES string of the molecule is CCCN(C(=O)Oc1ccccc1)C1(CN)CCCC1. The first-order chi connectivity index (χ1) is 9.72. The normalized spacial score (nSPS) is 16.9. The summed E-state index contributed by atoms with van der Waals surface area (Å²) in [5.74, 6) is 0.587. The predicted molar refractivity (Wildman–Crippen MR) is 79.7 cm³/mol. The predicted octanol–water partition coefficient (Wildman–Crippen LogP) is 3.17.